The van der Waals surface area contributed by atoms with Gasteiger partial charge in [0, 0.05) is 25.2 Å². The number of benzene rings is 1. The molecule has 2 fully saturated rings. The molecule has 0 bridgehead atoms. The molecule has 8 heteroatoms. The number of hydrogen-bond acceptors (Lipinski definition) is 6. The van der Waals surface area contributed by atoms with E-state index >= 15 is 0 Å². The van der Waals surface area contributed by atoms with Gasteiger partial charge in [-0.2, -0.15) is 0 Å². The van der Waals surface area contributed by atoms with Gasteiger partial charge in [-0.15, -0.1) is 0 Å². The third-order valence-electron chi connectivity index (χ3n) is 5.67. The molecule has 2 aliphatic heterocycles. The predicted molar refractivity (Wildman–Crippen MR) is 106 cm³/mol. The lowest BCUT2D eigenvalue weighted by atomic mass is 9.97. The summed E-state index contributed by atoms with van der Waals surface area (Å²) < 4.78 is 28.1. The molecule has 5 rings (SSSR count). The van der Waals surface area contributed by atoms with Crippen LogP contribution in [0.1, 0.15) is 31.4 Å². The molecule has 1 atom stereocenters. The molecule has 29 heavy (non-hydrogen) atoms. The Morgan fingerprint density at radius 3 is 2.76 bits per heavy atom. The monoisotopic (exact) mass is 397 g/mol. The topological polar surface area (TPSA) is 65.4 Å². The minimum atomic E-state index is -0.732. The van der Waals surface area contributed by atoms with E-state index in [9.17, 15) is 13.9 Å². The van der Waals surface area contributed by atoms with Crippen LogP contribution in [0.25, 0.3) is 11.0 Å². The van der Waals surface area contributed by atoms with Gasteiger partial charge in [0.1, 0.15) is 29.3 Å². The number of anilines is 2. The summed E-state index contributed by atoms with van der Waals surface area (Å²) >= 11 is 0. The normalized spacial score (nSPS) is 20.9. The van der Waals surface area contributed by atoms with Gasteiger partial charge in [0.2, 0.25) is 0 Å². The van der Waals surface area contributed by atoms with Crippen molar-refractivity contribution in [2.45, 2.75) is 31.4 Å². The second-order valence-corrected chi connectivity index (χ2v) is 8.10. The molecule has 2 saturated heterocycles. The van der Waals surface area contributed by atoms with Gasteiger partial charge in [-0.25, -0.2) is 23.7 Å². The molecule has 150 valence electrons. The molecule has 0 aliphatic carbocycles. The highest BCUT2D eigenvalue weighted by Crippen LogP contribution is 2.38. The van der Waals surface area contributed by atoms with Gasteiger partial charge in [0.05, 0.1) is 17.2 Å². The van der Waals surface area contributed by atoms with Crippen molar-refractivity contribution in [2.75, 3.05) is 29.4 Å². The number of fused-ring (bicyclic) bond motifs is 1. The quantitative estimate of drug-likeness (QED) is 0.732. The number of halogens is 2. The Labute approximate surface area is 166 Å². The lowest BCUT2D eigenvalue weighted by Crippen LogP contribution is -2.60. The highest BCUT2D eigenvalue weighted by atomic mass is 19.1. The second-order valence-electron chi connectivity index (χ2n) is 8.10. The molecule has 4 heterocycles. The fourth-order valence-corrected chi connectivity index (χ4v) is 4.37. The fourth-order valence-electron chi connectivity index (χ4n) is 4.37. The number of hydrogen-bond donors (Lipinski definition) is 1. The van der Waals surface area contributed by atoms with Crippen molar-refractivity contribution < 1.29 is 13.9 Å². The lowest BCUT2D eigenvalue weighted by molar-refractivity contribution is 0.0307. The van der Waals surface area contributed by atoms with E-state index in [0.29, 0.717) is 47.9 Å². The van der Waals surface area contributed by atoms with Crippen LogP contribution in [-0.2, 0) is 0 Å². The van der Waals surface area contributed by atoms with E-state index in [4.69, 9.17) is 4.98 Å². The first-order chi connectivity index (χ1) is 13.9. The van der Waals surface area contributed by atoms with Crippen molar-refractivity contribution in [1.29, 1.82) is 0 Å². The van der Waals surface area contributed by atoms with E-state index in [1.54, 1.807) is 6.92 Å². The standard InChI is InChI=1S/C21H21F2N5O/c1-21(29)10-27(11-21)20-19-16(24-12-25-20)6-7-18(26-19)28-8-2-3-17(28)14-9-13(22)4-5-15(14)23/h4-7,9,12,17,29H,2-3,8,10-11H2,1H3. The van der Waals surface area contributed by atoms with Crippen LogP contribution in [0.4, 0.5) is 20.4 Å². The Hall–Kier alpha value is -2.87. The van der Waals surface area contributed by atoms with Gasteiger partial charge in [0.25, 0.3) is 0 Å². The van der Waals surface area contributed by atoms with Crippen LogP contribution >= 0.6 is 0 Å². The smallest absolute Gasteiger partial charge is 0.158 e. The van der Waals surface area contributed by atoms with E-state index in [1.807, 2.05) is 21.9 Å². The number of β-amino-alcohol motifs (C(OH)–C–C–N with tert-alkyl or cyclic N) is 1. The van der Waals surface area contributed by atoms with Crippen LogP contribution < -0.4 is 9.80 Å². The number of rotatable bonds is 3. The Morgan fingerprint density at radius 2 is 1.97 bits per heavy atom. The summed E-state index contributed by atoms with van der Waals surface area (Å²) in [6.07, 6.45) is 3.09. The molecule has 1 aromatic carbocycles. The molecule has 2 aliphatic rings. The summed E-state index contributed by atoms with van der Waals surface area (Å²) in [6.45, 7) is 3.45. The second kappa shape index (κ2) is 6.59. The van der Waals surface area contributed by atoms with Crippen molar-refractivity contribution in [1.82, 2.24) is 15.0 Å². The molecule has 2 aromatic heterocycles. The molecular formula is C21H21F2N5O. The molecule has 6 nitrogen and oxygen atoms in total. The molecule has 3 aromatic rings. The third kappa shape index (κ3) is 3.17. The summed E-state index contributed by atoms with van der Waals surface area (Å²) in [5.74, 6) is 0.513. The average Bonchev–Trinajstić information content (AvgIpc) is 3.16. The third-order valence-corrected chi connectivity index (χ3v) is 5.67. The lowest BCUT2D eigenvalue weighted by Gasteiger charge is -2.44. The zero-order valence-electron chi connectivity index (χ0n) is 16.0. The van der Waals surface area contributed by atoms with Gasteiger partial charge in [-0.3, -0.25) is 0 Å². The van der Waals surface area contributed by atoms with Gasteiger partial charge >= 0.3 is 0 Å². The summed E-state index contributed by atoms with van der Waals surface area (Å²) in [4.78, 5) is 17.5. The summed E-state index contributed by atoms with van der Waals surface area (Å²) in [6, 6.07) is 7.05. The maximum atomic E-state index is 14.4. The van der Waals surface area contributed by atoms with Crippen molar-refractivity contribution in [3.63, 3.8) is 0 Å². The minimum Gasteiger partial charge on any atom is -0.386 e. The van der Waals surface area contributed by atoms with E-state index in [0.717, 1.165) is 18.9 Å². The number of aliphatic hydroxyl groups is 1. The van der Waals surface area contributed by atoms with Crippen LogP contribution in [0, 0.1) is 11.6 Å². The molecule has 0 saturated carbocycles. The number of aromatic nitrogens is 3. The summed E-state index contributed by atoms with van der Waals surface area (Å²) in [7, 11) is 0. The van der Waals surface area contributed by atoms with Gasteiger partial charge < -0.3 is 14.9 Å². The first-order valence-electron chi connectivity index (χ1n) is 9.72. The summed E-state index contributed by atoms with van der Waals surface area (Å²) in [5.41, 5.74) is 0.973. The van der Waals surface area contributed by atoms with Gasteiger partial charge in [-0.1, -0.05) is 0 Å². The number of pyridine rings is 1. The van der Waals surface area contributed by atoms with E-state index in [-0.39, 0.29) is 6.04 Å². The van der Waals surface area contributed by atoms with E-state index in [1.165, 1.54) is 18.5 Å². The van der Waals surface area contributed by atoms with Crippen LogP contribution in [0.2, 0.25) is 0 Å². The van der Waals surface area contributed by atoms with Crippen LogP contribution in [0.3, 0.4) is 0 Å². The zero-order chi connectivity index (χ0) is 20.2. The fraction of sp³-hybridized carbons (Fsp3) is 0.381. The molecule has 1 N–H and O–H groups in total. The minimum absolute atomic E-state index is 0.270. The highest BCUT2D eigenvalue weighted by molar-refractivity contribution is 5.87. The van der Waals surface area contributed by atoms with E-state index < -0.39 is 17.2 Å². The van der Waals surface area contributed by atoms with Gasteiger partial charge in [0.15, 0.2) is 5.82 Å². The first kappa shape index (κ1) is 18.2. The molecule has 0 amide bonds. The zero-order valence-corrected chi connectivity index (χ0v) is 16.0. The van der Waals surface area contributed by atoms with Gasteiger partial charge in [-0.05, 0) is 50.1 Å². The van der Waals surface area contributed by atoms with Crippen LogP contribution in [0.5, 0.6) is 0 Å². The van der Waals surface area contributed by atoms with Crippen molar-refractivity contribution in [3.05, 3.63) is 53.9 Å². The van der Waals surface area contributed by atoms with Crippen LogP contribution in [-0.4, -0.2) is 45.3 Å². The molecule has 0 radical (unpaired) electrons. The van der Waals surface area contributed by atoms with Crippen molar-refractivity contribution in [2.24, 2.45) is 0 Å². The SMILES string of the molecule is CC1(O)CN(c2ncnc3ccc(N4CCCC4c4cc(F)ccc4F)nc23)C1. The Morgan fingerprint density at radius 1 is 1.14 bits per heavy atom. The molecule has 0 spiro atoms. The Bertz CT molecular complexity index is 1080. The molecular weight excluding hydrogens is 376 g/mol. The maximum Gasteiger partial charge on any atom is 0.158 e. The van der Waals surface area contributed by atoms with E-state index in [2.05, 4.69) is 9.97 Å². The molecule has 1 unspecified atom stereocenters. The highest BCUT2D eigenvalue weighted by Gasteiger charge is 2.38. The van der Waals surface area contributed by atoms with Crippen molar-refractivity contribution >= 4 is 22.7 Å². The Kier molecular flexibility index (Phi) is 4.13. The average molecular weight is 397 g/mol. The largest absolute Gasteiger partial charge is 0.386 e. The first-order valence-corrected chi connectivity index (χ1v) is 9.72. The summed E-state index contributed by atoms with van der Waals surface area (Å²) in [5, 5.41) is 10.1. The predicted octanol–water partition coefficient (Wildman–Crippen LogP) is 3.22. The van der Waals surface area contributed by atoms with Crippen molar-refractivity contribution in [3.8, 4) is 0 Å². The maximum absolute atomic E-state index is 14.4. The van der Waals surface area contributed by atoms with Crippen LogP contribution in [0.15, 0.2) is 36.7 Å². The Balaban J connectivity index is 1.54. The number of nitrogens with zero attached hydrogens (tertiary/aromatic N) is 5.